The van der Waals surface area contributed by atoms with Gasteiger partial charge in [0.25, 0.3) is 0 Å². The number of carbonyl (C=O) groups excluding carboxylic acids is 1. The molecule has 2 aromatic heterocycles. The second-order valence-corrected chi connectivity index (χ2v) is 8.27. The summed E-state index contributed by atoms with van der Waals surface area (Å²) < 4.78 is 5.46. The van der Waals surface area contributed by atoms with Gasteiger partial charge in [0, 0.05) is 61.8 Å². The normalized spacial score (nSPS) is 18.4. The van der Waals surface area contributed by atoms with Crippen LogP contribution in [0, 0.1) is 0 Å². The van der Waals surface area contributed by atoms with Gasteiger partial charge in [-0.15, -0.1) is 0 Å². The van der Waals surface area contributed by atoms with Crippen LogP contribution in [0.1, 0.15) is 18.5 Å². The average molecular weight is 418 g/mol. The van der Waals surface area contributed by atoms with Gasteiger partial charge in [0.05, 0.1) is 37.2 Å². The van der Waals surface area contributed by atoms with E-state index in [1.54, 1.807) is 18.6 Å². The lowest BCUT2D eigenvalue weighted by Gasteiger charge is -2.40. The van der Waals surface area contributed by atoms with Crippen molar-refractivity contribution in [2.45, 2.75) is 25.3 Å². The van der Waals surface area contributed by atoms with E-state index in [0.717, 1.165) is 80.0 Å². The van der Waals surface area contributed by atoms with Gasteiger partial charge in [0.1, 0.15) is 0 Å². The molecule has 2 saturated heterocycles. The van der Waals surface area contributed by atoms with Crippen molar-refractivity contribution in [1.29, 1.82) is 0 Å². The van der Waals surface area contributed by atoms with Crippen molar-refractivity contribution < 1.29 is 9.53 Å². The number of carbonyl (C=O) groups is 1. The molecular formula is C24H27N5O2. The summed E-state index contributed by atoms with van der Waals surface area (Å²) in [5.41, 5.74) is 2.65. The first-order valence-corrected chi connectivity index (χ1v) is 11.0. The van der Waals surface area contributed by atoms with Gasteiger partial charge in [-0.2, -0.15) is 0 Å². The molecule has 4 heterocycles. The third kappa shape index (κ3) is 4.57. The minimum Gasteiger partial charge on any atom is -0.379 e. The maximum atomic E-state index is 12.9. The minimum absolute atomic E-state index is 0.164. The van der Waals surface area contributed by atoms with Gasteiger partial charge in [0.2, 0.25) is 5.91 Å². The predicted octanol–water partition coefficient (Wildman–Crippen LogP) is 2.56. The van der Waals surface area contributed by atoms with Crippen LogP contribution in [0.15, 0.2) is 49.1 Å². The van der Waals surface area contributed by atoms with Gasteiger partial charge in [-0.1, -0.05) is 12.1 Å². The molecule has 0 atom stereocenters. The van der Waals surface area contributed by atoms with Gasteiger partial charge < -0.3 is 9.64 Å². The molecule has 7 heteroatoms. The Morgan fingerprint density at radius 2 is 1.81 bits per heavy atom. The molecule has 0 spiro atoms. The quantitative estimate of drug-likeness (QED) is 0.650. The Labute approximate surface area is 182 Å². The number of pyridine rings is 1. The average Bonchev–Trinajstić information content (AvgIpc) is 2.85. The summed E-state index contributed by atoms with van der Waals surface area (Å²) in [7, 11) is 0. The number of rotatable bonds is 4. The smallest absolute Gasteiger partial charge is 0.228 e. The lowest BCUT2D eigenvalue weighted by atomic mass is 10.0. The van der Waals surface area contributed by atoms with Crippen LogP contribution in [0.4, 0.5) is 0 Å². The summed E-state index contributed by atoms with van der Waals surface area (Å²) in [6, 6.07) is 8.74. The van der Waals surface area contributed by atoms with E-state index in [1.807, 2.05) is 29.3 Å². The van der Waals surface area contributed by atoms with Crippen LogP contribution in [0.2, 0.25) is 0 Å². The fraction of sp³-hybridized carbons (Fsp3) is 0.417. The first-order valence-electron chi connectivity index (χ1n) is 11.0. The molecule has 0 bridgehead atoms. The van der Waals surface area contributed by atoms with E-state index in [2.05, 4.69) is 25.9 Å². The van der Waals surface area contributed by atoms with E-state index in [-0.39, 0.29) is 5.91 Å². The Kier molecular flexibility index (Phi) is 5.86. The lowest BCUT2D eigenvalue weighted by Crippen LogP contribution is -2.50. The molecule has 160 valence electrons. The van der Waals surface area contributed by atoms with Crippen LogP contribution in [-0.4, -0.2) is 76.1 Å². The molecular weight excluding hydrogens is 390 g/mol. The number of hydrogen-bond acceptors (Lipinski definition) is 6. The van der Waals surface area contributed by atoms with Gasteiger partial charge in [0.15, 0.2) is 0 Å². The van der Waals surface area contributed by atoms with Crippen molar-refractivity contribution >= 4 is 16.7 Å². The Balaban J connectivity index is 1.24. The van der Waals surface area contributed by atoms with E-state index in [0.29, 0.717) is 12.5 Å². The highest BCUT2D eigenvalue weighted by Gasteiger charge is 2.27. The van der Waals surface area contributed by atoms with E-state index < -0.39 is 0 Å². The van der Waals surface area contributed by atoms with Crippen molar-refractivity contribution in [2.75, 3.05) is 39.4 Å². The van der Waals surface area contributed by atoms with Gasteiger partial charge in [-0.25, -0.2) is 0 Å². The van der Waals surface area contributed by atoms with Crippen molar-refractivity contribution in [1.82, 2.24) is 24.8 Å². The first-order chi connectivity index (χ1) is 15.3. The van der Waals surface area contributed by atoms with Crippen LogP contribution < -0.4 is 0 Å². The SMILES string of the molecule is O=C(Cc1cc2cc(-c3cnccn3)ccc2cn1)N1CCC(N2CCOCC2)CC1. The lowest BCUT2D eigenvalue weighted by molar-refractivity contribution is -0.132. The number of piperidine rings is 1. The van der Waals surface area contributed by atoms with Crippen molar-refractivity contribution in [3.63, 3.8) is 0 Å². The number of fused-ring (bicyclic) bond motifs is 1. The summed E-state index contributed by atoms with van der Waals surface area (Å²) in [5, 5.41) is 2.11. The molecule has 0 aliphatic carbocycles. The number of likely N-dealkylation sites (tertiary alicyclic amines) is 1. The predicted molar refractivity (Wildman–Crippen MR) is 118 cm³/mol. The molecule has 3 aromatic rings. The van der Waals surface area contributed by atoms with Crippen LogP contribution in [0.25, 0.3) is 22.0 Å². The number of hydrogen-bond donors (Lipinski definition) is 0. The fourth-order valence-corrected chi connectivity index (χ4v) is 4.58. The molecule has 2 aliphatic heterocycles. The van der Waals surface area contributed by atoms with E-state index in [1.165, 1.54) is 0 Å². The van der Waals surface area contributed by atoms with Crippen molar-refractivity contribution in [2.24, 2.45) is 0 Å². The highest BCUT2D eigenvalue weighted by molar-refractivity contribution is 5.87. The van der Waals surface area contributed by atoms with E-state index in [9.17, 15) is 4.79 Å². The molecule has 1 amide bonds. The Morgan fingerprint density at radius 1 is 0.968 bits per heavy atom. The fourth-order valence-electron chi connectivity index (χ4n) is 4.58. The summed E-state index contributed by atoms with van der Waals surface area (Å²) in [4.78, 5) is 30.5. The number of morpholine rings is 1. The summed E-state index contributed by atoms with van der Waals surface area (Å²) in [6.45, 7) is 5.32. The van der Waals surface area contributed by atoms with Crippen LogP contribution in [-0.2, 0) is 16.0 Å². The van der Waals surface area contributed by atoms with Gasteiger partial charge >= 0.3 is 0 Å². The highest BCUT2D eigenvalue weighted by atomic mass is 16.5. The van der Waals surface area contributed by atoms with Crippen LogP contribution in [0.5, 0.6) is 0 Å². The number of ether oxygens (including phenoxy) is 1. The van der Waals surface area contributed by atoms with Gasteiger partial charge in [-0.05, 0) is 30.4 Å². The molecule has 2 fully saturated rings. The maximum absolute atomic E-state index is 12.9. The summed E-state index contributed by atoms with van der Waals surface area (Å²) >= 11 is 0. The number of aromatic nitrogens is 3. The molecule has 0 saturated carbocycles. The highest BCUT2D eigenvalue weighted by Crippen LogP contribution is 2.23. The van der Waals surface area contributed by atoms with Crippen molar-refractivity contribution in [3.8, 4) is 11.3 Å². The van der Waals surface area contributed by atoms with Gasteiger partial charge in [-0.3, -0.25) is 24.6 Å². The zero-order valence-electron chi connectivity index (χ0n) is 17.6. The molecule has 2 aliphatic rings. The van der Waals surface area contributed by atoms with Crippen molar-refractivity contribution in [3.05, 3.63) is 54.7 Å². The number of amides is 1. The molecule has 7 nitrogen and oxygen atoms in total. The Morgan fingerprint density at radius 3 is 2.58 bits per heavy atom. The molecule has 31 heavy (non-hydrogen) atoms. The molecule has 0 radical (unpaired) electrons. The second-order valence-electron chi connectivity index (χ2n) is 8.27. The van der Waals surface area contributed by atoms with Crippen LogP contribution in [0.3, 0.4) is 0 Å². The molecule has 5 rings (SSSR count). The minimum atomic E-state index is 0.164. The molecule has 1 aromatic carbocycles. The number of nitrogens with zero attached hydrogens (tertiary/aromatic N) is 5. The monoisotopic (exact) mass is 417 g/mol. The maximum Gasteiger partial charge on any atom is 0.228 e. The summed E-state index contributed by atoms with van der Waals surface area (Å²) in [6.07, 6.45) is 9.39. The summed E-state index contributed by atoms with van der Waals surface area (Å²) in [5.74, 6) is 0.164. The van der Waals surface area contributed by atoms with E-state index in [4.69, 9.17) is 4.74 Å². The zero-order valence-corrected chi connectivity index (χ0v) is 17.6. The van der Waals surface area contributed by atoms with E-state index >= 15 is 0 Å². The Hall–Kier alpha value is -2.90. The molecule has 0 N–H and O–H groups in total. The third-order valence-corrected chi connectivity index (χ3v) is 6.35. The molecule has 0 unspecified atom stereocenters. The van der Waals surface area contributed by atoms with Crippen LogP contribution >= 0.6 is 0 Å². The standard InChI is InChI=1S/C24H27N5O2/c30-24(29-7-3-22(4-8-29)28-9-11-31-12-10-28)15-21-14-20-13-18(1-2-19(20)16-27-21)23-17-25-5-6-26-23/h1-2,5-6,13-14,16-17,22H,3-4,7-12,15H2. The Bertz CT molecular complexity index is 1040. The largest absolute Gasteiger partial charge is 0.379 e. The second kappa shape index (κ2) is 9.08. The topological polar surface area (TPSA) is 71.5 Å². The zero-order chi connectivity index (χ0) is 21.0. The first kappa shape index (κ1) is 20.0. The number of benzene rings is 1. The third-order valence-electron chi connectivity index (χ3n) is 6.35.